The number of aliphatic hydroxyl groups excluding tert-OH is 1. The lowest BCUT2D eigenvalue weighted by molar-refractivity contribution is -0.124. The average molecular weight is 557 g/mol. The highest BCUT2D eigenvalue weighted by atomic mass is 16.6. The summed E-state index contributed by atoms with van der Waals surface area (Å²) in [5.74, 6) is 0.421. The third-order valence-corrected chi connectivity index (χ3v) is 6.17. The van der Waals surface area contributed by atoms with Crippen LogP contribution >= 0.6 is 0 Å². The molecular formula is C32H32N2O7. The summed E-state index contributed by atoms with van der Waals surface area (Å²) < 4.78 is 18.0. The van der Waals surface area contributed by atoms with Gasteiger partial charge < -0.3 is 19.3 Å². The van der Waals surface area contributed by atoms with Gasteiger partial charge in [0.05, 0.1) is 12.3 Å². The summed E-state index contributed by atoms with van der Waals surface area (Å²) in [5.41, 5.74) is 2.78. The number of rotatable bonds is 13. The van der Waals surface area contributed by atoms with Crippen molar-refractivity contribution < 1.29 is 34.1 Å². The number of amides is 2. The van der Waals surface area contributed by atoms with E-state index < -0.39 is 24.2 Å². The molecule has 4 aromatic rings. The topological polar surface area (TPSA) is 126 Å². The summed E-state index contributed by atoms with van der Waals surface area (Å²) in [4.78, 5) is 24.8. The molecule has 212 valence electrons. The lowest BCUT2D eigenvalue weighted by atomic mass is 9.99. The molecule has 9 nitrogen and oxygen atoms in total. The monoisotopic (exact) mass is 556 g/mol. The van der Waals surface area contributed by atoms with E-state index in [1.807, 2.05) is 54.6 Å². The Labute approximate surface area is 237 Å². The number of hydrogen-bond donors (Lipinski definition) is 4. The Balaban J connectivity index is 1.65. The van der Waals surface area contributed by atoms with Gasteiger partial charge in [0.2, 0.25) is 0 Å². The lowest BCUT2D eigenvalue weighted by Crippen LogP contribution is -2.31. The molecule has 41 heavy (non-hydrogen) atoms. The van der Waals surface area contributed by atoms with Crippen LogP contribution in [0.5, 0.6) is 11.5 Å². The van der Waals surface area contributed by atoms with Crippen molar-refractivity contribution in [2.45, 2.75) is 25.0 Å². The third kappa shape index (κ3) is 8.56. The molecule has 0 aliphatic rings. The van der Waals surface area contributed by atoms with Crippen LogP contribution in [0, 0.1) is 0 Å². The maximum Gasteiger partial charge on any atom is 0.412 e. The number of benzene rings is 4. The standard InChI is InChI=1S/C32H32N2O7/c35-20-21-39-26-15-8-12-24(22-26)31(41-32(37)33-28-17-9-11-23-10-4-5-16-27(23)28)29(18-6-7-19-30(36)34-38)40-25-13-2-1-3-14-25/h1-5,7-17,19,22,29,31,35,38H,6,18,20-21H2,(H,33,37)(H,34,36)/b19-7+/t29-,31-/m1/s1. The predicted octanol–water partition coefficient (Wildman–Crippen LogP) is 5.79. The van der Waals surface area contributed by atoms with Gasteiger partial charge in [0.25, 0.3) is 5.91 Å². The molecule has 0 saturated heterocycles. The van der Waals surface area contributed by atoms with E-state index in [-0.39, 0.29) is 13.2 Å². The number of hydrogen-bond acceptors (Lipinski definition) is 7. The molecule has 2 atom stereocenters. The van der Waals surface area contributed by atoms with Crippen molar-refractivity contribution >= 4 is 28.5 Å². The van der Waals surface area contributed by atoms with Crippen LogP contribution in [0.25, 0.3) is 10.8 Å². The van der Waals surface area contributed by atoms with Gasteiger partial charge in [-0.3, -0.25) is 15.3 Å². The minimum absolute atomic E-state index is 0.109. The van der Waals surface area contributed by atoms with Crippen molar-refractivity contribution in [3.63, 3.8) is 0 Å². The second kappa shape index (κ2) is 15.1. The number of anilines is 1. The second-order valence-electron chi connectivity index (χ2n) is 9.05. The molecule has 4 rings (SSSR count). The second-order valence-corrected chi connectivity index (χ2v) is 9.05. The van der Waals surface area contributed by atoms with E-state index >= 15 is 0 Å². The lowest BCUT2D eigenvalue weighted by Gasteiger charge is -2.28. The van der Waals surface area contributed by atoms with Gasteiger partial charge in [0.1, 0.15) is 24.2 Å². The van der Waals surface area contributed by atoms with Gasteiger partial charge >= 0.3 is 6.09 Å². The molecule has 0 unspecified atom stereocenters. The number of hydroxylamine groups is 1. The van der Waals surface area contributed by atoms with Crippen molar-refractivity contribution in [1.29, 1.82) is 0 Å². The fourth-order valence-electron chi connectivity index (χ4n) is 4.33. The van der Waals surface area contributed by atoms with Crippen LogP contribution in [0.1, 0.15) is 24.5 Å². The summed E-state index contributed by atoms with van der Waals surface area (Å²) in [7, 11) is 0. The van der Waals surface area contributed by atoms with Gasteiger partial charge in [0, 0.05) is 11.5 Å². The summed E-state index contributed by atoms with van der Waals surface area (Å²) in [5, 5.41) is 22.7. The van der Waals surface area contributed by atoms with Crippen LogP contribution in [-0.2, 0) is 9.53 Å². The molecule has 0 spiro atoms. The molecular weight excluding hydrogens is 524 g/mol. The Morgan fingerprint density at radius 1 is 0.878 bits per heavy atom. The smallest absolute Gasteiger partial charge is 0.412 e. The Bertz CT molecular complexity index is 1450. The first-order chi connectivity index (χ1) is 20.1. The minimum Gasteiger partial charge on any atom is -0.491 e. The van der Waals surface area contributed by atoms with Gasteiger partial charge in [-0.1, -0.05) is 72.8 Å². The van der Waals surface area contributed by atoms with E-state index in [2.05, 4.69) is 5.32 Å². The zero-order valence-corrected chi connectivity index (χ0v) is 22.3. The van der Waals surface area contributed by atoms with Crippen molar-refractivity contribution in [3.8, 4) is 11.5 Å². The average Bonchev–Trinajstić information content (AvgIpc) is 3.01. The highest BCUT2D eigenvalue weighted by molar-refractivity contribution is 6.00. The normalized spacial score (nSPS) is 12.4. The van der Waals surface area contributed by atoms with Gasteiger partial charge in [-0.2, -0.15) is 0 Å². The zero-order valence-electron chi connectivity index (χ0n) is 22.3. The highest BCUT2D eigenvalue weighted by Crippen LogP contribution is 2.32. The third-order valence-electron chi connectivity index (χ3n) is 6.17. The molecule has 0 aromatic heterocycles. The van der Waals surface area contributed by atoms with Crippen molar-refractivity contribution in [1.82, 2.24) is 5.48 Å². The van der Waals surface area contributed by atoms with E-state index in [4.69, 9.17) is 19.4 Å². The van der Waals surface area contributed by atoms with Crippen molar-refractivity contribution in [2.75, 3.05) is 18.5 Å². The number of nitrogens with one attached hydrogen (secondary N) is 2. The SMILES string of the molecule is O=C(/C=C/CC[C@@H](Oc1ccccc1)[C@H](OC(=O)Nc1cccc2ccccc12)c1cccc(OCCO)c1)NO. The van der Waals surface area contributed by atoms with E-state index in [9.17, 15) is 14.7 Å². The first kappa shape index (κ1) is 29.1. The minimum atomic E-state index is -0.886. The highest BCUT2D eigenvalue weighted by Gasteiger charge is 2.29. The Hall–Kier alpha value is -4.86. The van der Waals surface area contributed by atoms with Crippen LogP contribution in [0.2, 0.25) is 0 Å². The van der Waals surface area contributed by atoms with Crippen LogP contribution in [0.4, 0.5) is 10.5 Å². The van der Waals surface area contributed by atoms with Gasteiger partial charge in [-0.15, -0.1) is 0 Å². The molecule has 4 N–H and O–H groups in total. The van der Waals surface area contributed by atoms with Crippen LogP contribution in [-0.4, -0.2) is 41.6 Å². The summed E-state index contributed by atoms with van der Waals surface area (Å²) in [6, 6.07) is 29.5. The quantitative estimate of drug-likeness (QED) is 0.0933. The number of carbonyl (C=O) groups excluding carboxylic acids is 2. The Kier molecular flexibility index (Phi) is 10.7. The molecule has 0 saturated carbocycles. The largest absolute Gasteiger partial charge is 0.491 e. The van der Waals surface area contributed by atoms with Gasteiger partial charge in [-0.25, -0.2) is 10.3 Å². The number of ether oxygens (including phenoxy) is 3. The zero-order chi connectivity index (χ0) is 28.9. The number of carbonyl (C=O) groups is 2. The number of para-hydroxylation sites is 1. The summed E-state index contributed by atoms with van der Waals surface area (Å²) in [6.45, 7) is -0.0384. The van der Waals surface area contributed by atoms with Gasteiger partial charge in [0.15, 0.2) is 6.10 Å². The van der Waals surface area contributed by atoms with Gasteiger partial charge in [-0.05, 0) is 54.1 Å². The molecule has 0 aliphatic carbocycles. The maximum atomic E-state index is 13.4. The molecule has 0 radical (unpaired) electrons. The Morgan fingerprint density at radius 2 is 1.61 bits per heavy atom. The van der Waals surface area contributed by atoms with E-state index in [0.717, 1.165) is 10.8 Å². The molecule has 4 aromatic carbocycles. The van der Waals surface area contributed by atoms with E-state index in [0.29, 0.717) is 35.6 Å². The molecule has 9 heteroatoms. The maximum absolute atomic E-state index is 13.4. The number of allylic oxidation sites excluding steroid dienone is 1. The first-order valence-electron chi connectivity index (χ1n) is 13.2. The van der Waals surface area contributed by atoms with E-state index in [1.165, 1.54) is 6.08 Å². The summed E-state index contributed by atoms with van der Waals surface area (Å²) in [6.07, 6.45) is 1.32. The first-order valence-corrected chi connectivity index (χ1v) is 13.2. The molecule has 0 fully saturated rings. The van der Waals surface area contributed by atoms with Crippen molar-refractivity contribution in [3.05, 3.63) is 115 Å². The molecule has 0 aliphatic heterocycles. The van der Waals surface area contributed by atoms with Crippen LogP contribution in [0.15, 0.2) is 109 Å². The fourth-order valence-corrected chi connectivity index (χ4v) is 4.33. The van der Waals surface area contributed by atoms with E-state index in [1.54, 1.807) is 54.0 Å². The van der Waals surface area contributed by atoms with Crippen LogP contribution < -0.4 is 20.3 Å². The number of fused-ring (bicyclic) bond motifs is 1. The molecule has 2 amide bonds. The molecule has 0 bridgehead atoms. The fraction of sp³-hybridized carbons (Fsp3) is 0.188. The predicted molar refractivity (Wildman–Crippen MR) is 155 cm³/mol. The van der Waals surface area contributed by atoms with Crippen molar-refractivity contribution in [2.24, 2.45) is 0 Å². The number of aliphatic hydroxyl groups is 1. The molecule has 0 heterocycles. The summed E-state index contributed by atoms with van der Waals surface area (Å²) >= 11 is 0. The van der Waals surface area contributed by atoms with Crippen LogP contribution in [0.3, 0.4) is 0 Å². The Morgan fingerprint density at radius 3 is 2.41 bits per heavy atom.